The number of carboxylic acid groups (broad SMARTS) is 1. The highest BCUT2D eigenvalue weighted by atomic mass is 19.4. The normalized spacial score (nSPS) is 35.1. The van der Waals surface area contributed by atoms with Gasteiger partial charge in [0.15, 0.2) is 24.8 Å². The van der Waals surface area contributed by atoms with E-state index in [9.17, 15) is 53.4 Å². The highest BCUT2D eigenvalue weighted by Gasteiger charge is 2.57. The van der Waals surface area contributed by atoms with Crippen molar-refractivity contribution < 1.29 is 77.1 Å². The van der Waals surface area contributed by atoms with Crippen LogP contribution in [0.5, 0.6) is 0 Å². The molecule has 7 unspecified atom stereocenters. The zero-order valence-corrected chi connectivity index (χ0v) is 28.4. The van der Waals surface area contributed by atoms with Crippen LogP contribution in [0.4, 0.5) is 13.2 Å². The number of hydrogen-bond donors (Lipinski definition) is 7. The summed E-state index contributed by atoms with van der Waals surface area (Å²) in [4.78, 5) is 24.8. The average Bonchev–Trinajstić information content (AvgIpc) is 3.05. The van der Waals surface area contributed by atoms with Crippen LogP contribution in [0.25, 0.3) is 0 Å². The molecule has 3 rings (SSSR count). The fraction of sp³-hybridized carbons (Fsp3) is 0.938. The van der Waals surface area contributed by atoms with E-state index in [-0.39, 0.29) is 18.8 Å². The second kappa shape index (κ2) is 18.7. The van der Waals surface area contributed by atoms with Crippen molar-refractivity contribution in [1.82, 2.24) is 5.32 Å². The molecule has 0 aromatic carbocycles. The maximum Gasteiger partial charge on any atom is 0.417 e. The Hall–Kier alpha value is -1.67. The molecule has 3 fully saturated rings. The van der Waals surface area contributed by atoms with Crippen LogP contribution in [0.3, 0.4) is 0 Å². The van der Waals surface area contributed by atoms with Crippen molar-refractivity contribution in [3.05, 3.63) is 0 Å². The van der Waals surface area contributed by atoms with Gasteiger partial charge in [0.25, 0.3) is 0 Å². The number of aliphatic hydroxyl groups is 5. The summed E-state index contributed by atoms with van der Waals surface area (Å²) in [6, 6.07) is -1.32. The van der Waals surface area contributed by atoms with E-state index in [4.69, 9.17) is 23.7 Å². The molecule has 286 valence electrons. The number of hydrogen-bond acceptors (Lipinski definition) is 12. The van der Waals surface area contributed by atoms with Crippen molar-refractivity contribution in [2.45, 2.75) is 171 Å². The largest absolute Gasteiger partial charge is 0.479 e. The molecule has 7 N–H and O–H groups in total. The number of rotatable bonds is 16. The van der Waals surface area contributed by atoms with E-state index in [1.165, 1.54) is 6.92 Å². The SMILES string of the molecule is CCC(CC)C(OC1O[C@@H](C(F)(F)F)C(O)C(O)[C@@H]1O)[C@@H](CC)O[C@@H]1OC(CO)[C@H](O)C(O[C@@H](CC2CCCCC2)C(=O)O)C1NC(C)=O. The van der Waals surface area contributed by atoms with E-state index in [0.29, 0.717) is 12.8 Å². The van der Waals surface area contributed by atoms with Gasteiger partial charge in [-0.2, -0.15) is 13.2 Å². The first-order chi connectivity index (χ1) is 23.1. The Morgan fingerprint density at radius 2 is 1.49 bits per heavy atom. The van der Waals surface area contributed by atoms with Crippen molar-refractivity contribution in [2.75, 3.05) is 6.61 Å². The lowest BCUT2D eigenvalue weighted by atomic mass is 9.85. The molecule has 1 amide bonds. The fourth-order valence-electron chi connectivity index (χ4n) is 7.08. The second-order valence-corrected chi connectivity index (χ2v) is 13.3. The lowest BCUT2D eigenvalue weighted by molar-refractivity contribution is -0.370. The molecule has 1 saturated carbocycles. The molecule has 0 spiro atoms. The van der Waals surface area contributed by atoms with Gasteiger partial charge in [0.2, 0.25) is 5.91 Å². The Bertz CT molecular complexity index is 1030. The molecule has 2 aliphatic heterocycles. The molecule has 13 atom stereocenters. The minimum absolute atomic E-state index is 0.0723. The first-order valence-electron chi connectivity index (χ1n) is 17.2. The number of carbonyl (C=O) groups excluding carboxylic acids is 1. The zero-order valence-electron chi connectivity index (χ0n) is 28.4. The quantitative estimate of drug-likeness (QED) is 0.120. The van der Waals surface area contributed by atoms with Gasteiger partial charge >= 0.3 is 12.1 Å². The Morgan fingerprint density at radius 1 is 0.857 bits per heavy atom. The van der Waals surface area contributed by atoms with Crippen LogP contribution in [0.15, 0.2) is 0 Å². The van der Waals surface area contributed by atoms with E-state index in [1.54, 1.807) is 20.8 Å². The summed E-state index contributed by atoms with van der Waals surface area (Å²) >= 11 is 0. The predicted molar refractivity (Wildman–Crippen MR) is 164 cm³/mol. The van der Waals surface area contributed by atoms with Crippen molar-refractivity contribution in [1.29, 1.82) is 0 Å². The van der Waals surface area contributed by atoms with Gasteiger partial charge in [-0.1, -0.05) is 65.7 Å². The highest BCUT2D eigenvalue weighted by molar-refractivity contribution is 5.73. The van der Waals surface area contributed by atoms with Gasteiger partial charge in [-0.3, -0.25) is 4.79 Å². The third-order valence-corrected chi connectivity index (χ3v) is 9.87. The molecule has 0 radical (unpaired) electrons. The first-order valence-corrected chi connectivity index (χ1v) is 17.2. The summed E-state index contributed by atoms with van der Waals surface area (Å²) in [6.07, 6.45) is -20.5. The minimum Gasteiger partial charge on any atom is -0.479 e. The first kappa shape index (κ1) is 41.7. The van der Waals surface area contributed by atoms with Crippen molar-refractivity contribution in [2.24, 2.45) is 11.8 Å². The van der Waals surface area contributed by atoms with Crippen LogP contribution in [0, 0.1) is 11.8 Å². The summed E-state index contributed by atoms with van der Waals surface area (Å²) in [7, 11) is 0. The van der Waals surface area contributed by atoms with E-state index < -0.39 is 110 Å². The van der Waals surface area contributed by atoms with Crippen molar-refractivity contribution >= 4 is 11.9 Å². The van der Waals surface area contributed by atoms with Crippen LogP contribution in [0.1, 0.15) is 85.5 Å². The van der Waals surface area contributed by atoms with Crippen LogP contribution in [-0.2, 0) is 33.3 Å². The molecular weight excluding hydrogens is 663 g/mol. The van der Waals surface area contributed by atoms with Gasteiger partial charge in [0, 0.05) is 6.92 Å². The number of aliphatic carboxylic acids is 1. The summed E-state index contributed by atoms with van der Waals surface area (Å²) in [5.74, 6) is -2.22. The van der Waals surface area contributed by atoms with Gasteiger partial charge in [-0.05, 0) is 24.7 Å². The molecule has 2 heterocycles. The van der Waals surface area contributed by atoms with Crippen LogP contribution < -0.4 is 5.32 Å². The second-order valence-electron chi connectivity index (χ2n) is 13.3. The van der Waals surface area contributed by atoms with E-state index >= 15 is 0 Å². The number of aliphatic hydroxyl groups excluding tert-OH is 5. The summed E-state index contributed by atoms with van der Waals surface area (Å²) in [5, 5.41) is 64.8. The van der Waals surface area contributed by atoms with Gasteiger partial charge < -0.3 is 59.6 Å². The zero-order chi connectivity index (χ0) is 36.6. The molecule has 0 bridgehead atoms. The Labute approximate surface area is 284 Å². The number of amides is 1. The van der Waals surface area contributed by atoms with Crippen LogP contribution in [0.2, 0.25) is 0 Å². The smallest absolute Gasteiger partial charge is 0.417 e. The number of carbonyl (C=O) groups is 2. The number of halogens is 3. The predicted octanol–water partition coefficient (Wildman–Crippen LogP) is 1.36. The topological polar surface area (TPSA) is 214 Å². The highest BCUT2D eigenvalue weighted by Crippen LogP contribution is 2.37. The lowest BCUT2D eigenvalue weighted by Gasteiger charge is -2.47. The molecule has 3 aliphatic rings. The third-order valence-electron chi connectivity index (χ3n) is 9.87. The molecule has 2 saturated heterocycles. The average molecular weight is 718 g/mol. The van der Waals surface area contributed by atoms with Gasteiger partial charge in [0.05, 0.1) is 18.8 Å². The van der Waals surface area contributed by atoms with Gasteiger partial charge in [0.1, 0.15) is 42.7 Å². The van der Waals surface area contributed by atoms with E-state index in [2.05, 4.69) is 5.32 Å². The number of carboxylic acids is 1. The van der Waals surface area contributed by atoms with Gasteiger partial charge in [-0.25, -0.2) is 4.79 Å². The molecule has 17 heteroatoms. The Morgan fingerprint density at radius 3 is 2.00 bits per heavy atom. The van der Waals surface area contributed by atoms with Crippen LogP contribution in [-0.4, -0.2) is 135 Å². The monoisotopic (exact) mass is 717 g/mol. The summed E-state index contributed by atoms with van der Waals surface area (Å²) in [6.45, 7) is 5.71. The molecule has 0 aromatic heterocycles. The number of alkyl halides is 3. The van der Waals surface area contributed by atoms with Gasteiger partial charge in [-0.15, -0.1) is 0 Å². The summed E-state index contributed by atoms with van der Waals surface area (Å²) in [5.41, 5.74) is 0. The number of nitrogens with one attached hydrogen (secondary N) is 1. The summed E-state index contributed by atoms with van der Waals surface area (Å²) < 4.78 is 70.3. The molecular formula is C32H54F3NO13. The maximum atomic E-state index is 13.7. The Balaban J connectivity index is 1.94. The minimum atomic E-state index is -5.10. The molecule has 14 nitrogen and oxygen atoms in total. The van der Waals surface area contributed by atoms with Crippen LogP contribution >= 0.6 is 0 Å². The third kappa shape index (κ3) is 10.7. The fourth-order valence-corrected chi connectivity index (χ4v) is 7.08. The molecule has 1 aliphatic carbocycles. The standard InChI is InChI=1S/C32H54F3NO13/c1-5-17(6-2)26(48-31-25(42)23(40)24(41)28(49-31)32(33,34)35)18(7-3)46-30-21(36-15(4)38)27(22(39)20(14-37)47-30)45-19(29(43)44)13-16-11-9-8-10-12-16/h16-28,30-31,37,39-42H,5-14H2,1-4H3,(H,36,38)(H,43,44)/t18-,19+,20?,21?,22+,23?,24?,25+,26?,27?,28-,30-,31?/m1/s1. The van der Waals surface area contributed by atoms with E-state index in [0.717, 1.165) is 32.1 Å². The molecule has 49 heavy (non-hydrogen) atoms. The van der Waals surface area contributed by atoms with Crippen molar-refractivity contribution in [3.63, 3.8) is 0 Å². The Kier molecular flexibility index (Phi) is 15.9. The molecule has 0 aromatic rings. The number of ether oxygens (including phenoxy) is 5. The van der Waals surface area contributed by atoms with Crippen molar-refractivity contribution in [3.8, 4) is 0 Å². The maximum absolute atomic E-state index is 13.7. The van der Waals surface area contributed by atoms with E-state index in [1.807, 2.05) is 0 Å². The lowest BCUT2D eigenvalue weighted by Crippen LogP contribution is -2.67.